The van der Waals surface area contributed by atoms with Crippen LogP contribution in [0, 0.1) is 0 Å². The number of hydrogen-bond acceptors (Lipinski definition) is 1. The number of benzene rings is 2. The molecule has 0 fully saturated rings. The summed E-state index contributed by atoms with van der Waals surface area (Å²) in [5.41, 5.74) is 1.34. The van der Waals surface area contributed by atoms with E-state index in [1.165, 1.54) is 16.3 Å². The van der Waals surface area contributed by atoms with Gasteiger partial charge in [0.05, 0.1) is 0 Å². The third kappa shape index (κ3) is 2.75. The second-order valence-corrected chi connectivity index (χ2v) is 4.49. The highest BCUT2D eigenvalue weighted by atomic mass is 35.5. The fourth-order valence-corrected chi connectivity index (χ4v) is 2.16. The lowest BCUT2D eigenvalue weighted by Crippen LogP contribution is -2.19. The Balaban J connectivity index is 2.19. The van der Waals surface area contributed by atoms with E-state index >= 15 is 0 Å². The number of fused-ring (bicyclic) bond motifs is 1. The molecular weight excluding hydrogens is 218 g/mol. The van der Waals surface area contributed by atoms with Crippen LogP contribution in [0.4, 0.5) is 0 Å². The molecule has 0 saturated carbocycles. The van der Waals surface area contributed by atoms with Crippen molar-refractivity contribution in [2.24, 2.45) is 0 Å². The molecule has 0 bridgehead atoms. The van der Waals surface area contributed by atoms with Gasteiger partial charge >= 0.3 is 0 Å². The molecule has 16 heavy (non-hydrogen) atoms. The van der Waals surface area contributed by atoms with Crippen LogP contribution in [0.15, 0.2) is 42.5 Å². The second kappa shape index (κ2) is 5.33. The van der Waals surface area contributed by atoms with Gasteiger partial charge in [0, 0.05) is 19.0 Å². The van der Waals surface area contributed by atoms with Crippen molar-refractivity contribution < 1.29 is 0 Å². The molecule has 0 aliphatic rings. The molecule has 0 spiro atoms. The lowest BCUT2D eigenvalue weighted by Gasteiger charge is -2.15. The van der Waals surface area contributed by atoms with Gasteiger partial charge in [-0.25, -0.2) is 0 Å². The molecule has 0 aliphatic heterocycles. The van der Waals surface area contributed by atoms with Crippen molar-refractivity contribution in [1.29, 1.82) is 0 Å². The van der Waals surface area contributed by atoms with Gasteiger partial charge in [0.2, 0.25) is 0 Å². The smallest absolute Gasteiger partial charge is 0.0351 e. The molecule has 2 heteroatoms. The van der Waals surface area contributed by atoms with Gasteiger partial charge in [0.1, 0.15) is 0 Å². The molecule has 0 aromatic heterocycles. The molecule has 2 rings (SSSR count). The summed E-state index contributed by atoms with van der Waals surface area (Å²) in [5.74, 6) is 0.685. The summed E-state index contributed by atoms with van der Waals surface area (Å²) in [6.07, 6.45) is 0. The maximum absolute atomic E-state index is 5.72. The van der Waals surface area contributed by atoms with E-state index in [4.69, 9.17) is 11.6 Å². The quantitative estimate of drug-likeness (QED) is 0.731. The topological polar surface area (TPSA) is 3.24 Å². The van der Waals surface area contributed by atoms with Gasteiger partial charge in [-0.15, -0.1) is 11.6 Å². The van der Waals surface area contributed by atoms with Crippen LogP contribution in [0.25, 0.3) is 10.8 Å². The van der Waals surface area contributed by atoms with E-state index < -0.39 is 0 Å². The Hall–Kier alpha value is -1.05. The molecule has 0 aliphatic carbocycles. The second-order valence-electron chi connectivity index (χ2n) is 4.11. The van der Waals surface area contributed by atoms with Crippen LogP contribution < -0.4 is 0 Å². The highest BCUT2D eigenvalue weighted by molar-refractivity contribution is 6.18. The average Bonchev–Trinajstić information content (AvgIpc) is 2.29. The summed E-state index contributed by atoms with van der Waals surface area (Å²) in [6, 6.07) is 15.1. The van der Waals surface area contributed by atoms with Crippen molar-refractivity contribution in [3.05, 3.63) is 48.0 Å². The van der Waals surface area contributed by atoms with E-state index in [9.17, 15) is 0 Å². The molecule has 2 aromatic rings. The fourth-order valence-electron chi connectivity index (χ4n) is 1.87. The van der Waals surface area contributed by atoms with Crippen LogP contribution in [-0.4, -0.2) is 24.4 Å². The third-order valence-corrected chi connectivity index (χ3v) is 2.90. The van der Waals surface area contributed by atoms with E-state index in [2.05, 4.69) is 54.4 Å². The van der Waals surface area contributed by atoms with E-state index in [1.807, 2.05) is 0 Å². The van der Waals surface area contributed by atoms with Gasteiger partial charge in [-0.2, -0.15) is 0 Å². The van der Waals surface area contributed by atoms with Gasteiger partial charge in [0.15, 0.2) is 0 Å². The monoisotopic (exact) mass is 233 g/mol. The standard InChI is InChI=1S/C14H16ClN/c1-16(9-8-15)11-12-6-7-13-4-2-3-5-14(13)10-12/h2-7,10H,8-9,11H2,1H3. The zero-order valence-corrected chi connectivity index (χ0v) is 10.2. The number of alkyl halides is 1. The molecule has 0 heterocycles. The molecule has 1 nitrogen and oxygen atoms in total. The first kappa shape index (κ1) is 11.4. The summed E-state index contributed by atoms with van der Waals surface area (Å²) in [7, 11) is 2.09. The summed E-state index contributed by atoms with van der Waals surface area (Å²) in [4.78, 5) is 2.23. The molecule has 0 N–H and O–H groups in total. The minimum Gasteiger partial charge on any atom is -0.301 e. The molecule has 2 aromatic carbocycles. The third-order valence-electron chi connectivity index (χ3n) is 2.73. The Kier molecular flexibility index (Phi) is 3.81. The van der Waals surface area contributed by atoms with Crippen LogP contribution in [0.3, 0.4) is 0 Å². The van der Waals surface area contributed by atoms with Gasteiger partial charge in [-0.05, 0) is 29.4 Å². The Morgan fingerprint density at radius 2 is 1.81 bits per heavy atom. The first-order valence-electron chi connectivity index (χ1n) is 5.52. The van der Waals surface area contributed by atoms with E-state index in [0.717, 1.165) is 13.1 Å². The fraction of sp³-hybridized carbons (Fsp3) is 0.286. The van der Waals surface area contributed by atoms with Crippen LogP contribution in [0.1, 0.15) is 5.56 Å². The first-order chi connectivity index (χ1) is 7.79. The Labute approximate surface area is 102 Å². The van der Waals surface area contributed by atoms with Crippen molar-refractivity contribution in [1.82, 2.24) is 4.90 Å². The summed E-state index contributed by atoms with van der Waals surface area (Å²) < 4.78 is 0. The Bertz CT molecular complexity index is 467. The average molecular weight is 234 g/mol. The highest BCUT2D eigenvalue weighted by Crippen LogP contribution is 2.16. The minimum absolute atomic E-state index is 0.685. The first-order valence-corrected chi connectivity index (χ1v) is 6.05. The van der Waals surface area contributed by atoms with E-state index in [1.54, 1.807) is 0 Å². The summed E-state index contributed by atoms with van der Waals surface area (Å²) in [5, 5.41) is 2.60. The predicted octanol–water partition coefficient (Wildman–Crippen LogP) is 3.51. The van der Waals surface area contributed by atoms with E-state index in [0.29, 0.717) is 5.88 Å². The molecule has 0 atom stereocenters. The number of nitrogens with zero attached hydrogens (tertiary/aromatic N) is 1. The highest BCUT2D eigenvalue weighted by Gasteiger charge is 2.00. The van der Waals surface area contributed by atoms with Gasteiger partial charge in [-0.1, -0.05) is 36.4 Å². The molecule has 0 amide bonds. The van der Waals surface area contributed by atoms with Crippen molar-refractivity contribution in [3.63, 3.8) is 0 Å². The maximum Gasteiger partial charge on any atom is 0.0351 e. The molecule has 0 radical (unpaired) electrons. The number of hydrogen-bond donors (Lipinski definition) is 0. The number of rotatable bonds is 4. The van der Waals surface area contributed by atoms with Crippen molar-refractivity contribution in [2.75, 3.05) is 19.5 Å². The van der Waals surface area contributed by atoms with Crippen LogP contribution in [-0.2, 0) is 6.54 Å². The SMILES string of the molecule is CN(CCCl)Cc1ccc2ccccc2c1. The van der Waals surface area contributed by atoms with Gasteiger partial charge in [0.25, 0.3) is 0 Å². The molecule has 0 unspecified atom stereocenters. The van der Waals surface area contributed by atoms with Crippen molar-refractivity contribution in [2.45, 2.75) is 6.54 Å². The molecular formula is C14H16ClN. The lowest BCUT2D eigenvalue weighted by atomic mass is 10.1. The largest absolute Gasteiger partial charge is 0.301 e. The minimum atomic E-state index is 0.685. The number of halogens is 1. The van der Waals surface area contributed by atoms with E-state index in [-0.39, 0.29) is 0 Å². The van der Waals surface area contributed by atoms with Crippen LogP contribution in [0.2, 0.25) is 0 Å². The van der Waals surface area contributed by atoms with Crippen LogP contribution >= 0.6 is 11.6 Å². The Morgan fingerprint density at radius 3 is 2.56 bits per heavy atom. The lowest BCUT2D eigenvalue weighted by molar-refractivity contribution is 0.348. The molecule has 84 valence electrons. The predicted molar refractivity (Wildman–Crippen MR) is 71.0 cm³/mol. The van der Waals surface area contributed by atoms with Gasteiger partial charge < -0.3 is 4.90 Å². The molecule has 0 saturated heterocycles. The zero-order valence-electron chi connectivity index (χ0n) is 9.49. The Morgan fingerprint density at radius 1 is 1.06 bits per heavy atom. The zero-order chi connectivity index (χ0) is 11.4. The van der Waals surface area contributed by atoms with Gasteiger partial charge in [-0.3, -0.25) is 0 Å². The van der Waals surface area contributed by atoms with Crippen LogP contribution in [0.5, 0.6) is 0 Å². The van der Waals surface area contributed by atoms with Crippen molar-refractivity contribution >= 4 is 22.4 Å². The summed E-state index contributed by atoms with van der Waals surface area (Å²) in [6.45, 7) is 1.88. The van der Waals surface area contributed by atoms with Crippen molar-refractivity contribution in [3.8, 4) is 0 Å². The normalized spacial score (nSPS) is 11.2. The summed E-state index contributed by atoms with van der Waals surface area (Å²) >= 11 is 5.72. The maximum atomic E-state index is 5.72.